The van der Waals surface area contributed by atoms with Crippen LogP contribution in [0.4, 0.5) is 14.5 Å². The molecule has 0 radical (unpaired) electrons. The van der Waals surface area contributed by atoms with Crippen molar-refractivity contribution in [3.63, 3.8) is 0 Å². The van der Waals surface area contributed by atoms with E-state index in [1.54, 1.807) is 0 Å². The number of carbonyl (C=O) groups excluding carboxylic acids is 1. The third kappa shape index (κ3) is 3.31. The molecule has 0 saturated carbocycles. The van der Waals surface area contributed by atoms with Gasteiger partial charge in [-0.3, -0.25) is 0 Å². The van der Waals surface area contributed by atoms with Gasteiger partial charge in [0.15, 0.2) is 0 Å². The molecule has 0 fully saturated rings. The molecule has 110 valence electrons. The van der Waals surface area contributed by atoms with Crippen LogP contribution >= 0.6 is 11.6 Å². The van der Waals surface area contributed by atoms with Crippen LogP contribution in [-0.4, -0.2) is 5.97 Å². The largest absolute Gasteiger partial charge is 0.457 e. The number of esters is 1. The predicted octanol–water partition coefficient (Wildman–Crippen LogP) is 3.87. The third-order valence-electron chi connectivity index (χ3n) is 2.89. The van der Waals surface area contributed by atoms with Gasteiger partial charge in [-0.2, -0.15) is 0 Å². The minimum atomic E-state index is -0.915. The standard InChI is InChI=1S/C15H12ClF2NO2/c1-8-5-10(19)6-11(13(8)17)15(20)21-7-9-3-2-4-12(16)14(9)18/h2-6H,7,19H2,1H3. The smallest absolute Gasteiger partial charge is 0.341 e. The Morgan fingerprint density at radius 3 is 2.71 bits per heavy atom. The summed E-state index contributed by atoms with van der Waals surface area (Å²) < 4.78 is 32.4. The number of hydrogen-bond acceptors (Lipinski definition) is 3. The van der Waals surface area contributed by atoms with E-state index >= 15 is 0 Å². The van der Waals surface area contributed by atoms with Gasteiger partial charge in [0.25, 0.3) is 0 Å². The van der Waals surface area contributed by atoms with Gasteiger partial charge < -0.3 is 10.5 Å². The zero-order valence-electron chi connectivity index (χ0n) is 11.1. The van der Waals surface area contributed by atoms with Crippen LogP contribution in [0.3, 0.4) is 0 Å². The topological polar surface area (TPSA) is 52.3 Å². The van der Waals surface area contributed by atoms with Gasteiger partial charge in [-0.05, 0) is 30.7 Å². The lowest BCUT2D eigenvalue weighted by Gasteiger charge is -2.09. The molecule has 0 atom stereocenters. The predicted molar refractivity (Wildman–Crippen MR) is 76.1 cm³/mol. The van der Waals surface area contributed by atoms with E-state index < -0.39 is 17.6 Å². The van der Waals surface area contributed by atoms with E-state index in [9.17, 15) is 13.6 Å². The van der Waals surface area contributed by atoms with Crippen LogP contribution in [0.15, 0.2) is 30.3 Å². The summed E-state index contributed by atoms with van der Waals surface area (Å²) in [4.78, 5) is 11.9. The van der Waals surface area contributed by atoms with Crippen molar-refractivity contribution in [1.29, 1.82) is 0 Å². The Labute approximate surface area is 125 Å². The normalized spacial score (nSPS) is 10.5. The molecule has 0 aliphatic rings. The van der Waals surface area contributed by atoms with Crippen molar-refractivity contribution in [1.82, 2.24) is 0 Å². The molecule has 21 heavy (non-hydrogen) atoms. The number of ether oxygens (including phenoxy) is 1. The van der Waals surface area contributed by atoms with Crippen molar-refractivity contribution in [2.75, 3.05) is 5.73 Å². The van der Waals surface area contributed by atoms with Crippen molar-refractivity contribution in [2.24, 2.45) is 0 Å². The fourth-order valence-corrected chi connectivity index (χ4v) is 2.02. The molecule has 0 heterocycles. The molecule has 0 saturated heterocycles. The fourth-order valence-electron chi connectivity index (χ4n) is 1.83. The first-order valence-electron chi connectivity index (χ1n) is 6.05. The van der Waals surface area contributed by atoms with E-state index in [1.807, 2.05) is 0 Å². The Bertz CT molecular complexity index is 704. The number of nitrogens with two attached hydrogens (primary N) is 1. The van der Waals surface area contributed by atoms with E-state index in [4.69, 9.17) is 22.1 Å². The average Bonchev–Trinajstić information content (AvgIpc) is 2.44. The van der Waals surface area contributed by atoms with E-state index in [0.717, 1.165) is 0 Å². The van der Waals surface area contributed by atoms with Crippen LogP contribution < -0.4 is 5.73 Å². The SMILES string of the molecule is Cc1cc(N)cc(C(=O)OCc2cccc(Cl)c2F)c1F. The number of benzene rings is 2. The lowest BCUT2D eigenvalue weighted by molar-refractivity contribution is 0.0463. The van der Waals surface area contributed by atoms with Crippen molar-refractivity contribution >= 4 is 23.3 Å². The molecule has 2 N–H and O–H groups in total. The van der Waals surface area contributed by atoms with Gasteiger partial charge in [-0.15, -0.1) is 0 Å². The van der Waals surface area contributed by atoms with Gasteiger partial charge in [-0.1, -0.05) is 23.7 Å². The molecule has 0 aliphatic carbocycles. The molecule has 0 amide bonds. The molecular weight excluding hydrogens is 300 g/mol. The van der Waals surface area contributed by atoms with Crippen molar-refractivity contribution in [3.05, 3.63) is 63.7 Å². The number of carbonyl (C=O) groups is 1. The minimum absolute atomic E-state index is 0.0745. The number of anilines is 1. The summed E-state index contributed by atoms with van der Waals surface area (Å²) in [6.45, 7) is 1.14. The summed E-state index contributed by atoms with van der Waals surface area (Å²) >= 11 is 5.62. The lowest BCUT2D eigenvalue weighted by Crippen LogP contribution is -2.10. The Hall–Kier alpha value is -2.14. The van der Waals surface area contributed by atoms with Crippen molar-refractivity contribution in [2.45, 2.75) is 13.5 Å². The number of rotatable bonds is 3. The molecule has 0 aromatic heterocycles. The van der Waals surface area contributed by atoms with Crippen LogP contribution in [0.25, 0.3) is 0 Å². The quantitative estimate of drug-likeness (QED) is 0.691. The molecule has 0 aliphatic heterocycles. The van der Waals surface area contributed by atoms with E-state index in [2.05, 4.69) is 0 Å². The first-order valence-corrected chi connectivity index (χ1v) is 6.43. The van der Waals surface area contributed by atoms with Gasteiger partial charge in [0.05, 0.1) is 10.6 Å². The zero-order chi connectivity index (χ0) is 15.6. The summed E-state index contributed by atoms with van der Waals surface area (Å²) in [6.07, 6.45) is 0. The summed E-state index contributed by atoms with van der Waals surface area (Å²) in [7, 11) is 0. The molecule has 0 spiro atoms. The number of aryl methyl sites for hydroxylation is 1. The maximum Gasteiger partial charge on any atom is 0.341 e. The Kier molecular flexibility index (Phi) is 4.43. The summed E-state index contributed by atoms with van der Waals surface area (Å²) in [5, 5.41) is -0.0745. The molecule has 3 nitrogen and oxygen atoms in total. The highest BCUT2D eigenvalue weighted by Gasteiger charge is 2.17. The second kappa shape index (κ2) is 6.10. The van der Waals surface area contributed by atoms with Gasteiger partial charge in [0.2, 0.25) is 0 Å². The molecular formula is C15H12ClF2NO2. The van der Waals surface area contributed by atoms with Gasteiger partial charge in [0.1, 0.15) is 18.2 Å². The number of nitrogen functional groups attached to an aromatic ring is 1. The van der Waals surface area contributed by atoms with E-state index in [1.165, 1.54) is 37.3 Å². The summed E-state index contributed by atoms with van der Waals surface area (Å²) in [5.74, 6) is -2.29. The molecule has 6 heteroatoms. The van der Waals surface area contributed by atoms with E-state index in [0.29, 0.717) is 0 Å². The van der Waals surface area contributed by atoms with Gasteiger partial charge in [-0.25, -0.2) is 13.6 Å². The van der Waals surface area contributed by atoms with E-state index in [-0.39, 0.29) is 34.0 Å². The average molecular weight is 312 g/mol. The highest BCUT2D eigenvalue weighted by atomic mass is 35.5. The minimum Gasteiger partial charge on any atom is -0.457 e. The molecule has 0 bridgehead atoms. The van der Waals surface area contributed by atoms with Crippen LogP contribution in [0.5, 0.6) is 0 Å². The maximum atomic E-state index is 13.8. The molecule has 2 aromatic carbocycles. The highest BCUT2D eigenvalue weighted by Crippen LogP contribution is 2.21. The van der Waals surface area contributed by atoms with Crippen LogP contribution in [0, 0.1) is 18.6 Å². The maximum absolute atomic E-state index is 13.8. The first kappa shape index (κ1) is 15.3. The van der Waals surface area contributed by atoms with Crippen molar-refractivity contribution < 1.29 is 18.3 Å². The Morgan fingerprint density at radius 2 is 2.00 bits per heavy atom. The third-order valence-corrected chi connectivity index (χ3v) is 3.18. The number of halogens is 3. The molecule has 2 rings (SSSR count). The van der Waals surface area contributed by atoms with Crippen LogP contribution in [0.2, 0.25) is 5.02 Å². The first-order chi connectivity index (χ1) is 9.90. The second-order valence-electron chi connectivity index (χ2n) is 4.49. The van der Waals surface area contributed by atoms with Crippen LogP contribution in [0.1, 0.15) is 21.5 Å². The molecule has 0 unspecified atom stereocenters. The van der Waals surface area contributed by atoms with Gasteiger partial charge in [0, 0.05) is 11.3 Å². The fraction of sp³-hybridized carbons (Fsp3) is 0.133. The van der Waals surface area contributed by atoms with Gasteiger partial charge >= 0.3 is 5.97 Å². The lowest BCUT2D eigenvalue weighted by atomic mass is 10.1. The summed E-state index contributed by atoms with van der Waals surface area (Å²) in [6, 6.07) is 6.92. The highest BCUT2D eigenvalue weighted by molar-refractivity contribution is 6.30. The van der Waals surface area contributed by atoms with Crippen LogP contribution in [-0.2, 0) is 11.3 Å². The second-order valence-corrected chi connectivity index (χ2v) is 4.90. The molecule has 2 aromatic rings. The zero-order valence-corrected chi connectivity index (χ0v) is 11.9. The Balaban J connectivity index is 2.18. The summed E-state index contributed by atoms with van der Waals surface area (Å²) in [5.41, 5.74) is 5.87. The van der Waals surface area contributed by atoms with Crippen molar-refractivity contribution in [3.8, 4) is 0 Å². The Morgan fingerprint density at radius 1 is 1.29 bits per heavy atom. The number of hydrogen-bond donors (Lipinski definition) is 1. The monoisotopic (exact) mass is 311 g/mol.